The van der Waals surface area contributed by atoms with Crippen LogP contribution in [0.2, 0.25) is 0 Å². The molecular weight excluding hydrogens is 208 g/mol. The number of nitrogens with one attached hydrogen (secondary N) is 1. The van der Waals surface area contributed by atoms with Crippen LogP contribution in [-0.2, 0) is 4.79 Å². The van der Waals surface area contributed by atoms with Gasteiger partial charge in [-0.1, -0.05) is 25.1 Å². The first-order valence-corrected chi connectivity index (χ1v) is 5.73. The van der Waals surface area contributed by atoms with Crippen molar-refractivity contribution in [1.29, 1.82) is 0 Å². The fourth-order valence-corrected chi connectivity index (χ4v) is 2.35. The molecule has 0 saturated heterocycles. The summed E-state index contributed by atoms with van der Waals surface area (Å²) >= 11 is 1.70. The van der Waals surface area contributed by atoms with E-state index in [-0.39, 0.29) is 11.2 Å². The van der Waals surface area contributed by atoms with Crippen molar-refractivity contribution < 1.29 is 4.79 Å². The van der Waals surface area contributed by atoms with Crippen LogP contribution in [0.1, 0.15) is 18.9 Å². The molecule has 0 fully saturated rings. The van der Waals surface area contributed by atoms with E-state index in [4.69, 9.17) is 5.84 Å². The summed E-state index contributed by atoms with van der Waals surface area (Å²) in [6.45, 7) is 4.09. The van der Waals surface area contributed by atoms with E-state index in [0.29, 0.717) is 6.42 Å². The summed E-state index contributed by atoms with van der Waals surface area (Å²) in [6.07, 6.45) is 0.440. The summed E-state index contributed by atoms with van der Waals surface area (Å²) < 4.78 is 0. The molecule has 0 radical (unpaired) electrons. The van der Waals surface area contributed by atoms with Gasteiger partial charge in [0, 0.05) is 16.6 Å². The molecule has 0 aliphatic heterocycles. The molecule has 0 aromatic heterocycles. The fourth-order valence-electron chi connectivity index (χ4n) is 1.27. The van der Waals surface area contributed by atoms with Crippen LogP contribution in [-0.4, -0.2) is 11.2 Å². The third-order valence-corrected chi connectivity index (χ3v) is 3.34. The highest BCUT2D eigenvalue weighted by Crippen LogP contribution is 2.27. The molecule has 1 unspecified atom stereocenters. The van der Waals surface area contributed by atoms with Gasteiger partial charge in [-0.05, 0) is 18.6 Å². The van der Waals surface area contributed by atoms with E-state index in [0.717, 1.165) is 0 Å². The van der Waals surface area contributed by atoms with Crippen molar-refractivity contribution in [2.24, 2.45) is 5.84 Å². The monoisotopic (exact) mass is 224 g/mol. The minimum absolute atomic E-state index is 0.122. The second kappa shape index (κ2) is 5.78. The minimum atomic E-state index is -0.122. The van der Waals surface area contributed by atoms with Gasteiger partial charge in [-0.25, -0.2) is 5.84 Å². The van der Waals surface area contributed by atoms with Crippen LogP contribution < -0.4 is 11.3 Å². The highest BCUT2D eigenvalue weighted by Gasteiger charge is 2.10. The molecule has 0 saturated carbocycles. The molecule has 15 heavy (non-hydrogen) atoms. The van der Waals surface area contributed by atoms with Gasteiger partial charge in [0.05, 0.1) is 0 Å². The molecule has 3 N–H and O–H groups in total. The standard InChI is InChI=1S/C11H16N2OS/c1-8-5-3-4-6-10(8)15-9(2)7-11(14)13-12/h3-6,9H,7,12H2,1-2H3,(H,13,14). The lowest BCUT2D eigenvalue weighted by Crippen LogP contribution is -2.31. The van der Waals surface area contributed by atoms with Crippen molar-refractivity contribution in [3.05, 3.63) is 29.8 Å². The molecule has 1 atom stereocenters. The summed E-state index contributed by atoms with van der Waals surface area (Å²) in [5.74, 6) is 4.91. The van der Waals surface area contributed by atoms with Gasteiger partial charge in [0.2, 0.25) is 5.91 Å². The molecule has 0 spiro atoms. The topological polar surface area (TPSA) is 55.1 Å². The van der Waals surface area contributed by atoms with E-state index in [1.54, 1.807) is 11.8 Å². The third kappa shape index (κ3) is 3.93. The maximum Gasteiger partial charge on any atom is 0.234 e. The summed E-state index contributed by atoms with van der Waals surface area (Å²) in [4.78, 5) is 12.3. The van der Waals surface area contributed by atoms with Gasteiger partial charge >= 0.3 is 0 Å². The van der Waals surface area contributed by atoms with E-state index in [9.17, 15) is 4.79 Å². The van der Waals surface area contributed by atoms with Gasteiger partial charge in [0.1, 0.15) is 0 Å². The molecule has 4 heteroatoms. The average Bonchev–Trinajstić information content (AvgIpc) is 2.21. The van der Waals surface area contributed by atoms with Crippen molar-refractivity contribution in [1.82, 2.24) is 5.43 Å². The number of aryl methyl sites for hydroxylation is 1. The summed E-state index contributed by atoms with van der Waals surface area (Å²) in [6, 6.07) is 8.15. The molecule has 0 bridgehead atoms. The van der Waals surface area contributed by atoms with Crippen LogP contribution >= 0.6 is 11.8 Å². The van der Waals surface area contributed by atoms with Crippen molar-refractivity contribution in [2.45, 2.75) is 30.4 Å². The van der Waals surface area contributed by atoms with Crippen LogP contribution in [0.5, 0.6) is 0 Å². The summed E-state index contributed by atoms with van der Waals surface area (Å²) in [5, 5.41) is 0.231. The van der Waals surface area contributed by atoms with Crippen LogP contribution in [0.4, 0.5) is 0 Å². The number of hydrazine groups is 1. The van der Waals surface area contributed by atoms with Crippen LogP contribution in [0.3, 0.4) is 0 Å². The number of thioether (sulfide) groups is 1. The Morgan fingerprint density at radius 2 is 2.20 bits per heavy atom. The Kier molecular flexibility index (Phi) is 4.65. The quantitative estimate of drug-likeness (QED) is 0.355. The third-order valence-electron chi connectivity index (χ3n) is 2.06. The Morgan fingerprint density at radius 3 is 2.80 bits per heavy atom. The smallest absolute Gasteiger partial charge is 0.234 e. The fraction of sp³-hybridized carbons (Fsp3) is 0.364. The lowest BCUT2D eigenvalue weighted by Gasteiger charge is -2.11. The molecule has 0 aliphatic carbocycles. The molecule has 82 valence electrons. The normalized spacial score (nSPS) is 12.2. The largest absolute Gasteiger partial charge is 0.294 e. The van der Waals surface area contributed by atoms with Crippen LogP contribution in [0.15, 0.2) is 29.2 Å². The number of benzene rings is 1. The number of hydrogen-bond acceptors (Lipinski definition) is 3. The molecule has 1 amide bonds. The maximum absolute atomic E-state index is 11.0. The van der Waals surface area contributed by atoms with Gasteiger partial charge in [-0.3, -0.25) is 10.2 Å². The molecule has 3 nitrogen and oxygen atoms in total. The van der Waals surface area contributed by atoms with E-state index in [1.807, 2.05) is 19.1 Å². The Balaban J connectivity index is 2.55. The molecule has 1 rings (SSSR count). The first kappa shape index (κ1) is 12.1. The summed E-state index contributed by atoms with van der Waals surface area (Å²) in [7, 11) is 0. The van der Waals surface area contributed by atoms with Gasteiger partial charge in [0.25, 0.3) is 0 Å². The first-order chi connectivity index (χ1) is 7.13. The van der Waals surface area contributed by atoms with Crippen LogP contribution in [0, 0.1) is 6.92 Å². The predicted molar refractivity (Wildman–Crippen MR) is 63.4 cm³/mol. The van der Waals surface area contributed by atoms with E-state index in [2.05, 4.69) is 24.5 Å². The number of nitrogens with two attached hydrogens (primary N) is 1. The van der Waals surface area contributed by atoms with Crippen molar-refractivity contribution in [2.75, 3.05) is 0 Å². The van der Waals surface area contributed by atoms with Crippen molar-refractivity contribution >= 4 is 17.7 Å². The zero-order chi connectivity index (χ0) is 11.3. The molecule has 1 aromatic carbocycles. The van der Waals surface area contributed by atoms with Gasteiger partial charge in [0.15, 0.2) is 0 Å². The summed E-state index contributed by atoms with van der Waals surface area (Å²) in [5.41, 5.74) is 3.38. The SMILES string of the molecule is Cc1ccccc1SC(C)CC(=O)NN. The van der Waals surface area contributed by atoms with Crippen molar-refractivity contribution in [3.63, 3.8) is 0 Å². The second-order valence-corrected chi connectivity index (χ2v) is 4.95. The molecule has 0 heterocycles. The number of amides is 1. The first-order valence-electron chi connectivity index (χ1n) is 4.85. The highest BCUT2D eigenvalue weighted by molar-refractivity contribution is 8.00. The minimum Gasteiger partial charge on any atom is -0.294 e. The van der Waals surface area contributed by atoms with Gasteiger partial charge in [-0.2, -0.15) is 0 Å². The van der Waals surface area contributed by atoms with Crippen LogP contribution in [0.25, 0.3) is 0 Å². The Bertz CT molecular complexity index is 341. The Hall–Kier alpha value is -1.00. The maximum atomic E-state index is 11.0. The zero-order valence-electron chi connectivity index (χ0n) is 8.99. The van der Waals surface area contributed by atoms with Gasteiger partial charge < -0.3 is 0 Å². The predicted octanol–water partition coefficient (Wildman–Crippen LogP) is 1.86. The lowest BCUT2D eigenvalue weighted by atomic mass is 10.2. The molecule has 1 aromatic rings. The highest BCUT2D eigenvalue weighted by atomic mass is 32.2. The Morgan fingerprint density at radius 1 is 1.53 bits per heavy atom. The van der Waals surface area contributed by atoms with Crippen molar-refractivity contribution in [3.8, 4) is 0 Å². The van der Waals surface area contributed by atoms with E-state index in [1.165, 1.54) is 10.5 Å². The number of hydrogen-bond donors (Lipinski definition) is 2. The number of carbonyl (C=O) groups is 1. The zero-order valence-corrected chi connectivity index (χ0v) is 9.80. The Labute approximate surface area is 94.4 Å². The van der Waals surface area contributed by atoms with Gasteiger partial charge in [-0.15, -0.1) is 11.8 Å². The average molecular weight is 224 g/mol. The number of carbonyl (C=O) groups excluding carboxylic acids is 1. The molecular formula is C11H16N2OS. The number of rotatable bonds is 4. The second-order valence-electron chi connectivity index (χ2n) is 3.47. The lowest BCUT2D eigenvalue weighted by molar-refractivity contribution is -0.121. The van der Waals surface area contributed by atoms with E-state index < -0.39 is 0 Å². The van der Waals surface area contributed by atoms with E-state index >= 15 is 0 Å². The molecule has 0 aliphatic rings.